The van der Waals surface area contributed by atoms with E-state index in [1.165, 1.54) is 5.38 Å². The maximum absolute atomic E-state index is 11.7. The highest BCUT2D eigenvalue weighted by Crippen LogP contribution is 2.09. The third kappa shape index (κ3) is 5.26. The molecule has 0 atom stereocenters. The van der Waals surface area contributed by atoms with E-state index in [-0.39, 0.29) is 16.6 Å². The van der Waals surface area contributed by atoms with E-state index in [2.05, 4.69) is 36.1 Å². The van der Waals surface area contributed by atoms with Crippen LogP contribution in [0.5, 0.6) is 0 Å². The Morgan fingerprint density at radius 2 is 2.15 bits per heavy atom. The van der Waals surface area contributed by atoms with Crippen LogP contribution in [0.1, 0.15) is 47.0 Å². The van der Waals surface area contributed by atoms with E-state index in [4.69, 9.17) is 5.11 Å². The second kappa shape index (κ2) is 7.96. The molecule has 0 aromatic carbocycles. The highest BCUT2D eigenvalue weighted by Gasteiger charge is 2.14. The molecule has 1 aromatic rings. The van der Waals surface area contributed by atoms with Crippen molar-refractivity contribution in [2.24, 2.45) is 0 Å². The molecule has 1 rings (SSSR count). The van der Waals surface area contributed by atoms with Crippen LogP contribution >= 0.6 is 11.3 Å². The van der Waals surface area contributed by atoms with Crippen LogP contribution in [0.3, 0.4) is 0 Å². The summed E-state index contributed by atoms with van der Waals surface area (Å²) in [6.07, 6.45) is 1.90. The van der Waals surface area contributed by atoms with Crippen molar-refractivity contribution in [2.45, 2.75) is 32.7 Å². The Bertz CT molecular complexity index is 459. The largest absolute Gasteiger partial charge is 0.476 e. The standard InChI is InChI=1S/C13H21N3O3S/c1-9(2)16(3)7-5-4-6-14-11(17)12-15-10(8-20-12)13(18)19/h8-9H,4-7H2,1-3H3,(H,14,17)(H,18,19). The first-order chi connectivity index (χ1) is 9.41. The van der Waals surface area contributed by atoms with Crippen LogP contribution in [0.25, 0.3) is 0 Å². The van der Waals surface area contributed by atoms with E-state index in [1.54, 1.807) is 0 Å². The molecule has 0 spiro atoms. The van der Waals surface area contributed by atoms with Crippen LogP contribution in [-0.2, 0) is 0 Å². The van der Waals surface area contributed by atoms with Crippen molar-refractivity contribution in [1.29, 1.82) is 0 Å². The number of thiazole rings is 1. The molecule has 0 saturated heterocycles. The number of nitrogens with one attached hydrogen (secondary N) is 1. The van der Waals surface area contributed by atoms with Gasteiger partial charge in [-0.25, -0.2) is 9.78 Å². The molecular weight excluding hydrogens is 278 g/mol. The minimum absolute atomic E-state index is 0.0845. The van der Waals surface area contributed by atoms with E-state index >= 15 is 0 Å². The molecule has 7 heteroatoms. The van der Waals surface area contributed by atoms with Crippen molar-refractivity contribution in [3.05, 3.63) is 16.1 Å². The summed E-state index contributed by atoms with van der Waals surface area (Å²) >= 11 is 1.05. The number of unbranched alkanes of at least 4 members (excludes halogenated alkanes) is 1. The van der Waals surface area contributed by atoms with E-state index in [0.29, 0.717) is 12.6 Å². The zero-order chi connectivity index (χ0) is 15.1. The van der Waals surface area contributed by atoms with Crippen LogP contribution in [-0.4, -0.2) is 53.0 Å². The number of nitrogens with zero attached hydrogens (tertiary/aromatic N) is 2. The van der Waals surface area contributed by atoms with Crippen molar-refractivity contribution >= 4 is 23.2 Å². The fourth-order valence-corrected chi connectivity index (χ4v) is 2.21. The molecule has 0 radical (unpaired) electrons. The van der Waals surface area contributed by atoms with Crippen LogP contribution in [0.4, 0.5) is 0 Å². The predicted octanol–water partition coefficient (Wildman–Crippen LogP) is 1.69. The van der Waals surface area contributed by atoms with Crippen LogP contribution in [0.2, 0.25) is 0 Å². The lowest BCUT2D eigenvalue weighted by atomic mass is 10.2. The number of carbonyl (C=O) groups is 2. The van der Waals surface area contributed by atoms with Crippen LogP contribution in [0.15, 0.2) is 5.38 Å². The Labute approximate surface area is 122 Å². The average molecular weight is 299 g/mol. The van der Waals surface area contributed by atoms with E-state index in [9.17, 15) is 9.59 Å². The molecule has 6 nitrogen and oxygen atoms in total. The molecule has 1 heterocycles. The van der Waals surface area contributed by atoms with Gasteiger partial charge in [-0.05, 0) is 40.3 Å². The molecule has 0 unspecified atom stereocenters. The molecule has 0 bridgehead atoms. The van der Waals surface area contributed by atoms with E-state index < -0.39 is 5.97 Å². The van der Waals surface area contributed by atoms with E-state index in [1.807, 2.05) is 0 Å². The second-order valence-electron chi connectivity index (χ2n) is 4.88. The van der Waals surface area contributed by atoms with Crippen molar-refractivity contribution in [3.8, 4) is 0 Å². The highest BCUT2D eigenvalue weighted by molar-refractivity contribution is 7.11. The van der Waals surface area contributed by atoms with Crippen LogP contribution in [0, 0.1) is 0 Å². The van der Waals surface area contributed by atoms with Gasteiger partial charge in [-0.3, -0.25) is 4.79 Å². The van der Waals surface area contributed by atoms with Gasteiger partial charge >= 0.3 is 5.97 Å². The first-order valence-corrected chi connectivity index (χ1v) is 7.47. The number of aromatic nitrogens is 1. The summed E-state index contributed by atoms with van der Waals surface area (Å²) < 4.78 is 0. The van der Waals surface area contributed by atoms with Gasteiger partial charge in [0.1, 0.15) is 0 Å². The Balaban J connectivity index is 2.24. The zero-order valence-corrected chi connectivity index (χ0v) is 12.9. The van der Waals surface area contributed by atoms with Gasteiger partial charge in [-0.1, -0.05) is 0 Å². The first kappa shape index (κ1) is 16.6. The first-order valence-electron chi connectivity index (χ1n) is 6.59. The van der Waals surface area contributed by atoms with Gasteiger partial charge in [0.25, 0.3) is 5.91 Å². The van der Waals surface area contributed by atoms with E-state index in [0.717, 1.165) is 30.7 Å². The summed E-state index contributed by atoms with van der Waals surface area (Å²) in [5.74, 6) is -1.42. The third-order valence-corrected chi connectivity index (χ3v) is 3.86. The normalized spacial score (nSPS) is 11.1. The monoisotopic (exact) mass is 299 g/mol. The summed E-state index contributed by atoms with van der Waals surface area (Å²) in [4.78, 5) is 28.4. The van der Waals surface area contributed by atoms with Gasteiger partial charge in [0, 0.05) is 18.0 Å². The van der Waals surface area contributed by atoms with Gasteiger partial charge in [0.05, 0.1) is 0 Å². The molecule has 1 amide bonds. The van der Waals surface area contributed by atoms with Crippen LogP contribution < -0.4 is 5.32 Å². The lowest BCUT2D eigenvalue weighted by molar-refractivity contribution is 0.0691. The molecule has 2 N–H and O–H groups in total. The molecule has 0 fully saturated rings. The highest BCUT2D eigenvalue weighted by atomic mass is 32.1. The number of amides is 1. The quantitative estimate of drug-likeness (QED) is 0.714. The van der Waals surface area contributed by atoms with Gasteiger partial charge in [-0.15, -0.1) is 11.3 Å². The summed E-state index contributed by atoms with van der Waals surface area (Å²) in [5, 5.41) is 13.0. The third-order valence-electron chi connectivity index (χ3n) is 3.02. The number of aromatic carboxylic acids is 1. The molecule has 0 aliphatic heterocycles. The molecule has 0 aliphatic carbocycles. The lowest BCUT2D eigenvalue weighted by Gasteiger charge is -2.20. The maximum atomic E-state index is 11.7. The number of carboxylic acid groups (broad SMARTS) is 1. The average Bonchev–Trinajstić information content (AvgIpc) is 2.87. The summed E-state index contributed by atoms with van der Waals surface area (Å²) in [6.45, 7) is 5.86. The molecule has 1 aromatic heterocycles. The summed E-state index contributed by atoms with van der Waals surface area (Å²) in [5.41, 5.74) is -0.0845. The van der Waals surface area contributed by atoms with Gasteiger partial charge < -0.3 is 15.3 Å². The topological polar surface area (TPSA) is 82.5 Å². The minimum Gasteiger partial charge on any atom is -0.476 e. The fourth-order valence-electron chi connectivity index (χ4n) is 1.50. The number of carboxylic acids is 1. The molecular formula is C13H21N3O3S. The minimum atomic E-state index is -1.11. The van der Waals surface area contributed by atoms with Crippen molar-refractivity contribution in [1.82, 2.24) is 15.2 Å². The zero-order valence-electron chi connectivity index (χ0n) is 12.0. The number of hydrogen-bond acceptors (Lipinski definition) is 5. The predicted molar refractivity (Wildman–Crippen MR) is 78.4 cm³/mol. The lowest BCUT2D eigenvalue weighted by Crippen LogP contribution is -2.29. The second-order valence-corrected chi connectivity index (χ2v) is 5.74. The summed E-state index contributed by atoms with van der Waals surface area (Å²) in [6, 6.07) is 0.523. The van der Waals surface area contributed by atoms with Crippen molar-refractivity contribution in [2.75, 3.05) is 20.1 Å². The SMILES string of the molecule is CC(C)N(C)CCCCNC(=O)c1nc(C(=O)O)cs1. The molecule has 0 saturated carbocycles. The molecule has 112 valence electrons. The smallest absolute Gasteiger partial charge is 0.355 e. The van der Waals surface area contributed by atoms with Crippen molar-refractivity contribution < 1.29 is 14.7 Å². The Kier molecular flexibility index (Phi) is 6.60. The Morgan fingerprint density at radius 3 is 2.70 bits per heavy atom. The number of rotatable bonds is 8. The van der Waals surface area contributed by atoms with Gasteiger partial charge in [-0.2, -0.15) is 0 Å². The Morgan fingerprint density at radius 1 is 1.45 bits per heavy atom. The summed E-state index contributed by atoms with van der Waals surface area (Å²) in [7, 11) is 2.08. The van der Waals surface area contributed by atoms with Gasteiger partial charge in [0.2, 0.25) is 0 Å². The fraction of sp³-hybridized carbons (Fsp3) is 0.615. The molecule has 0 aliphatic rings. The maximum Gasteiger partial charge on any atom is 0.355 e. The van der Waals surface area contributed by atoms with Crippen molar-refractivity contribution in [3.63, 3.8) is 0 Å². The molecule has 20 heavy (non-hydrogen) atoms. The number of carbonyl (C=O) groups excluding carboxylic acids is 1. The van der Waals surface area contributed by atoms with Gasteiger partial charge in [0.15, 0.2) is 10.7 Å². The Hall–Kier alpha value is -1.47. The number of hydrogen-bond donors (Lipinski definition) is 2.